The summed E-state index contributed by atoms with van der Waals surface area (Å²) in [5.41, 5.74) is 5.75. The Bertz CT molecular complexity index is 745. The van der Waals surface area contributed by atoms with Crippen molar-refractivity contribution in [3.8, 4) is 0 Å². The van der Waals surface area contributed by atoms with E-state index < -0.39 is 7.92 Å². The number of hydrogen-bond donors (Lipinski definition) is 0. The zero-order chi connectivity index (χ0) is 20.5. The van der Waals surface area contributed by atoms with Gasteiger partial charge in [0.1, 0.15) is 15.9 Å². The second-order valence-electron chi connectivity index (χ2n) is 5.44. The third kappa shape index (κ3) is 8.67. The van der Waals surface area contributed by atoms with Crippen molar-refractivity contribution in [3.05, 3.63) is 121 Å². The minimum Gasteiger partial charge on any atom is -0.214 e. The van der Waals surface area contributed by atoms with Crippen LogP contribution in [0, 0.1) is 5.46 Å². The van der Waals surface area contributed by atoms with Crippen LogP contribution in [0.1, 0.15) is 0 Å². The Balaban J connectivity index is 0.000000368. The van der Waals surface area contributed by atoms with Crippen LogP contribution in [0.2, 0.25) is 0 Å². The van der Waals surface area contributed by atoms with E-state index in [-0.39, 0.29) is 0 Å². The van der Waals surface area contributed by atoms with E-state index in [1.807, 2.05) is 30.3 Å². The van der Waals surface area contributed by atoms with Gasteiger partial charge in [-0.2, -0.15) is 18.2 Å². The molecule has 0 aliphatic rings. The molecule has 0 fully saturated rings. The molecule has 0 amide bonds. The molecule has 0 radical (unpaired) electrons. The van der Waals surface area contributed by atoms with Crippen LogP contribution < -0.4 is 15.9 Å². The standard InChI is InChI=1S/C18H15P.C5H5.HI.NO.Re/c1-4-10-16(11-5-1)19(17-12-6-2-7-13-17)18-14-8-3-9-15-18;1-2-4-5-3-1;;1-2;/h1-15H;1-5H;1H;;/q;-1;;2*+1. The van der Waals surface area contributed by atoms with Crippen LogP contribution in [-0.2, 0) is 20.4 Å². The average Bonchev–Trinajstić information content (AvgIpc) is 3.39. The molecule has 0 aliphatic carbocycles. The quantitative estimate of drug-likeness (QED) is 0.125. The summed E-state index contributed by atoms with van der Waals surface area (Å²) in [7, 11) is -0.877. The summed E-state index contributed by atoms with van der Waals surface area (Å²) >= 11 is 3.90. The molecule has 0 spiro atoms. The van der Waals surface area contributed by atoms with Gasteiger partial charge in [-0.15, -0.1) is 0 Å². The van der Waals surface area contributed by atoms with Gasteiger partial charge in [-0.1, -0.05) is 54.6 Å². The normalized spacial score (nSPS) is 8.89. The Morgan fingerprint density at radius 1 is 0.571 bits per heavy atom. The fraction of sp³-hybridized carbons (Fsp3) is 0. The van der Waals surface area contributed by atoms with Gasteiger partial charge in [0.05, 0.1) is 7.92 Å². The molecule has 28 heavy (non-hydrogen) atoms. The van der Waals surface area contributed by atoms with Gasteiger partial charge in [-0.25, -0.2) is 12.1 Å². The van der Waals surface area contributed by atoms with Crippen LogP contribution >= 0.6 is 27.4 Å². The van der Waals surface area contributed by atoms with Crippen molar-refractivity contribution in [2.45, 2.75) is 0 Å². The molecule has 2 nitrogen and oxygen atoms in total. The summed E-state index contributed by atoms with van der Waals surface area (Å²) in [6.07, 6.45) is 0. The van der Waals surface area contributed by atoms with E-state index in [0.29, 0.717) is 0 Å². The fourth-order valence-corrected chi connectivity index (χ4v) is 5.21. The van der Waals surface area contributed by atoms with Crippen LogP contribution in [0.25, 0.3) is 0 Å². The van der Waals surface area contributed by atoms with Crippen molar-refractivity contribution in [2.75, 3.05) is 0 Å². The SMILES string of the molecule is N#[O+].[I][Re].c1cc[cH-]c1.c1ccc([PH+](c2ccccc2)c2ccccc2)cc1. The van der Waals surface area contributed by atoms with Crippen molar-refractivity contribution in [1.82, 2.24) is 0 Å². The van der Waals surface area contributed by atoms with Gasteiger partial charge in [-0.3, -0.25) is 0 Å². The third-order valence-electron chi connectivity index (χ3n) is 3.74. The summed E-state index contributed by atoms with van der Waals surface area (Å²) in [5.74, 6) is 0. The summed E-state index contributed by atoms with van der Waals surface area (Å²) in [4.78, 5) is 0. The zero-order valence-corrected chi connectivity index (χ0v) is 21.0. The smallest absolute Gasteiger partial charge is 0.102 e. The summed E-state index contributed by atoms with van der Waals surface area (Å²) in [6, 6.07) is 42.5. The van der Waals surface area contributed by atoms with Crippen molar-refractivity contribution in [1.29, 1.82) is 5.46 Å². The van der Waals surface area contributed by atoms with E-state index in [2.05, 4.69) is 111 Å². The molecular weight excluding hydrogens is 650 g/mol. The monoisotopic (exact) mass is 672 g/mol. The predicted octanol–water partition coefficient (Wildman–Crippen LogP) is 5.36. The molecule has 4 aromatic carbocycles. The number of benzene rings is 3. The molecule has 0 aliphatic heterocycles. The molecule has 0 unspecified atom stereocenters. The van der Waals surface area contributed by atoms with E-state index >= 15 is 0 Å². The molecule has 4 aromatic rings. The van der Waals surface area contributed by atoms with Gasteiger partial charge in [0.25, 0.3) is 0 Å². The van der Waals surface area contributed by atoms with Gasteiger partial charge in [0.2, 0.25) is 0 Å². The fourth-order valence-electron chi connectivity index (χ4n) is 2.64. The number of halogens is 1. The van der Waals surface area contributed by atoms with Crippen LogP contribution in [0.15, 0.2) is 121 Å². The summed E-state index contributed by atoms with van der Waals surface area (Å²) in [6.45, 7) is 0. The maximum absolute atomic E-state index is 7.25. The van der Waals surface area contributed by atoms with Gasteiger partial charge in [-0.05, 0) is 36.4 Å². The largest absolute Gasteiger partial charge is 0.214 e. The van der Waals surface area contributed by atoms with E-state index in [1.54, 1.807) is 15.6 Å². The molecule has 0 saturated carbocycles. The van der Waals surface area contributed by atoms with Crippen LogP contribution in [0.4, 0.5) is 0 Å². The van der Waals surface area contributed by atoms with E-state index in [9.17, 15) is 0 Å². The van der Waals surface area contributed by atoms with E-state index in [0.717, 1.165) is 0 Å². The first-order chi connectivity index (χ1) is 13.9. The van der Waals surface area contributed by atoms with Gasteiger partial charge < -0.3 is 0 Å². The topological polar surface area (TPSA) is 43.7 Å². The Labute approximate surface area is 189 Å². The number of nitrogens with zero attached hydrogens (tertiary/aromatic N) is 1. The molecule has 142 valence electrons. The molecule has 0 N–H and O–H groups in total. The number of rotatable bonds is 3. The van der Waals surface area contributed by atoms with Crippen LogP contribution in [0.3, 0.4) is 0 Å². The molecule has 0 aromatic heterocycles. The maximum atomic E-state index is 7.25. The van der Waals surface area contributed by atoms with E-state index in [4.69, 9.17) is 10.2 Å². The second kappa shape index (κ2) is 16.5. The Kier molecular flexibility index (Phi) is 14.4. The van der Waals surface area contributed by atoms with Crippen LogP contribution in [0.5, 0.6) is 0 Å². The number of hydrogen-bond acceptors (Lipinski definition) is 1. The molecule has 0 atom stereocenters. The molecule has 0 bridgehead atoms. The molecule has 0 heterocycles. The van der Waals surface area contributed by atoms with Crippen molar-refractivity contribution in [3.63, 3.8) is 0 Å². The minimum atomic E-state index is -0.877. The second-order valence-corrected chi connectivity index (χ2v) is 7.92. The van der Waals surface area contributed by atoms with Crippen LogP contribution in [-0.4, -0.2) is 0 Å². The van der Waals surface area contributed by atoms with Crippen molar-refractivity contribution < 1.29 is 20.4 Å². The van der Waals surface area contributed by atoms with Crippen molar-refractivity contribution >= 4 is 43.3 Å². The van der Waals surface area contributed by atoms with Gasteiger partial charge >= 0.3 is 45.3 Å². The summed E-state index contributed by atoms with van der Waals surface area (Å²) < 4.78 is 7.25. The predicted molar refractivity (Wildman–Crippen MR) is 125 cm³/mol. The van der Waals surface area contributed by atoms with Crippen molar-refractivity contribution in [2.24, 2.45) is 0 Å². The average molecular weight is 672 g/mol. The Morgan fingerprint density at radius 2 is 0.857 bits per heavy atom. The Hall–Kier alpha value is -1.50. The van der Waals surface area contributed by atoms with Gasteiger partial charge in [0, 0.05) is 0 Å². The molecular formula is C23H21INOPRe+. The van der Waals surface area contributed by atoms with Gasteiger partial charge in [0.15, 0.2) is 0 Å². The zero-order valence-electron chi connectivity index (χ0n) is 15.2. The first-order valence-electron chi connectivity index (χ1n) is 8.47. The maximum Gasteiger partial charge on any atom is 0.102 e. The minimum absolute atomic E-state index is 0.877. The molecule has 5 heteroatoms. The molecule has 4 rings (SSSR count). The molecule has 0 saturated heterocycles. The summed E-state index contributed by atoms with van der Waals surface area (Å²) in [5, 5.41) is 4.31. The third-order valence-corrected chi connectivity index (χ3v) is 6.47. The van der Waals surface area contributed by atoms with E-state index in [1.165, 1.54) is 15.9 Å². The Morgan fingerprint density at radius 3 is 1.07 bits per heavy atom. The first-order valence-corrected chi connectivity index (χ1v) is 17.7. The first kappa shape index (κ1) is 24.5.